The summed E-state index contributed by atoms with van der Waals surface area (Å²) in [6, 6.07) is 7.76. The van der Waals surface area contributed by atoms with Crippen LogP contribution in [0.2, 0.25) is 0 Å². The van der Waals surface area contributed by atoms with E-state index in [-0.39, 0.29) is 39.7 Å². The second kappa shape index (κ2) is 12.4. The van der Waals surface area contributed by atoms with E-state index < -0.39 is 41.9 Å². The van der Waals surface area contributed by atoms with Crippen molar-refractivity contribution in [2.24, 2.45) is 5.92 Å². The van der Waals surface area contributed by atoms with Crippen molar-refractivity contribution in [1.82, 2.24) is 5.32 Å². The summed E-state index contributed by atoms with van der Waals surface area (Å²) in [4.78, 5) is 26.3. The molecule has 1 saturated heterocycles. The summed E-state index contributed by atoms with van der Waals surface area (Å²) >= 11 is 0. The SMILES string of the molecule is COc1ccc(-c2cc(=O)c3c(OC)c([C@@H]4O[C@H](C(=O)NCC(C)C)[C@@H](O)[C@H](O)[C@H]4O)c(OC)cc3o2)cc1OC. The highest BCUT2D eigenvalue weighted by Gasteiger charge is 2.49. The van der Waals surface area contributed by atoms with Crippen molar-refractivity contribution in [3.05, 3.63) is 46.1 Å². The first-order valence-corrected chi connectivity index (χ1v) is 13.0. The molecule has 1 amide bonds. The fourth-order valence-electron chi connectivity index (χ4n) is 4.80. The molecule has 1 aliphatic rings. The summed E-state index contributed by atoms with van der Waals surface area (Å²) in [6.07, 6.45) is -8.09. The number of ether oxygens (including phenoxy) is 5. The number of aliphatic hydroxyl groups excluding tert-OH is 3. The molecule has 12 heteroatoms. The molecule has 3 aromatic rings. The van der Waals surface area contributed by atoms with Gasteiger partial charge in [0.15, 0.2) is 23.0 Å². The summed E-state index contributed by atoms with van der Waals surface area (Å²) in [7, 11) is 5.67. The van der Waals surface area contributed by atoms with Gasteiger partial charge in [-0.2, -0.15) is 0 Å². The van der Waals surface area contributed by atoms with Crippen LogP contribution < -0.4 is 29.7 Å². The molecule has 12 nitrogen and oxygen atoms in total. The third-order valence-corrected chi connectivity index (χ3v) is 6.91. The average molecular weight is 574 g/mol. The molecule has 1 fully saturated rings. The topological polar surface area (TPSA) is 166 Å². The van der Waals surface area contributed by atoms with E-state index in [1.165, 1.54) is 40.6 Å². The van der Waals surface area contributed by atoms with Crippen LogP contribution in [0.5, 0.6) is 23.0 Å². The molecular weight excluding hydrogens is 538 g/mol. The molecule has 0 spiro atoms. The number of benzene rings is 2. The molecule has 0 radical (unpaired) electrons. The van der Waals surface area contributed by atoms with E-state index in [0.717, 1.165) is 0 Å². The number of nitrogens with one attached hydrogen (secondary N) is 1. The largest absolute Gasteiger partial charge is 0.496 e. The van der Waals surface area contributed by atoms with E-state index in [0.29, 0.717) is 23.6 Å². The molecule has 0 aliphatic carbocycles. The van der Waals surface area contributed by atoms with Crippen LogP contribution in [0.1, 0.15) is 25.5 Å². The van der Waals surface area contributed by atoms with E-state index >= 15 is 0 Å². The molecule has 0 saturated carbocycles. The van der Waals surface area contributed by atoms with Gasteiger partial charge in [-0.15, -0.1) is 0 Å². The summed E-state index contributed by atoms with van der Waals surface area (Å²) in [5, 5.41) is 34.8. The van der Waals surface area contributed by atoms with Gasteiger partial charge >= 0.3 is 0 Å². The first-order valence-electron chi connectivity index (χ1n) is 13.0. The van der Waals surface area contributed by atoms with Crippen LogP contribution in [0, 0.1) is 5.92 Å². The lowest BCUT2D eigenvalue weighted by Gasteiger charge is -2.40. The maximum atomic E-state index is 13.5. The second-order valence-electron chi connectivity index (χ2n) is 10.0. The zero-order chi connectivity index (χ0) is 30.0. The molecule has 222 valence electrons. The van der Waals surface area contributed by atoms with Gasteiger partial charge in [-0.05, 0) is 24.1 Å². The van der Waals surface area contributed by atoms with Crippen LogP contribution in [0.25, 0.3) is 22.3 Å². The van der Waals surface area contributed by atoms with E-state index in [4.69, 9.17) is 28.1 Å². The Morgan fingerprint density at radius 3 is 2.20 bits per heavy atom. The summed E-state index contributed by atoms with van der Waals surface area (Å²) in [5.41, 5.74) is 0.238. The predicted octanol–water partition coefficient (Wildman–Crippen LogP) is 1.79. The lowest BCUT2D eigenvalue weighted by molar-refractivity contribution is -0.223. The van der Waals surface area contributed by atoms with Gasteiger partial charge < -0.3 is 48.7 Å². The van der Waals surface area contributed by atoms with Gasteiger partial charge in [-0.1, -0.05) is 13.8 Å². The van der Waals surface area contributed by atoms with E-state index in [1.807, 2.05) is 13.8 Å². The molecule has 0 unspecified atom stereocenters. The van der Waals surface area contributed by atoms with Crippen molar-refractivity contribution in [1.29, 1.82) is 0 Å². The predicted molar refractivity (Wildman–Crippen MR) is 148 cm³/mol. The molecule has 41 heavy (non-hydrogen) atoms. The van der Waals surface area contributed by atoms with Crippen LogP contribution in [0.3, 0.4) is 0 Å². The first-order chi connectivity index (χ1) is 19.6. The maximum Gasteiger partial charge on any atom is 0.251 e. The lowest BCUT2D eigenvalue weighted by atomic mass is 9.89. The van der Waals surface area contributed by atoms with Crippen molar-refractivity contribution in [3.8, 4) is 34.3 Å². The normalized spacial score (nSPS) is 22.4. The molecule has 2 heterocycles. The third-order valence-electron chi connectivity index (χ3n) is 6.91. The minimum Gasteiger partial charge on any atom is -0.496 e. The molecule has 1 aliphatic heterocycles. The lowest BCUT2D eigenvalue weighted by Crippen LogP contribution is -2.59. The molecule has 1 aromatic heterocycles. The van der Waals surface area contributed by atoms with Crippen LogP contribution in [0.15, 0.2) is 39.5 Å². The van der Waals surface area contributed by atoms with Crippen molar-refractivity contribution in [3.63, 3.8) is 0 Å². The van der Waals surface area contributed by atoms with E-state index in [1.54, 1.807) is 18.2 Å². The van der Waals surface area contributed by atoms with E-state index in [2.05, 4.69) is 5.32 Å². The maximum absolute atomic E-state index is 13.5. The fourth-order valence-corrected chi connectivity index (χ4v) is 4.80. The smallest absolute Gasteiger partial charge is 0.251 e. The number of carbonyl (C=O) groups is 1. The Kier molecular flexibility index (Phi) is 9.08. The summed E-state index contributed by atoms with van der Waals surface area (Å²) in [6.45, 7) is 4.10. The number of methoxy groups -OCH3 is 4. The number of aliphatic hydroxyl groups is 3. The van der Waals surface area contributed by atoms with Gasteiger partial charge in [0.25, 0.3) is 5.91 Å². The molecular formula is C29H35NO11. The monoisotopic (exact) mass is 573 g/mol. The number of hydrogen-bond donors (Lipinski definition) is 4. The van der Waals surface area contributed by atoms with Gasteiger partial charge in [0.1, 0.15) is 52.6 Å². The Morgan fingerprint density at radius 2 is 1.59 bits per heavy atom. The number of hydrogen-bond acceptors (Lipinski definition) is 11. The van der Waals surface area contributed by atoms with Crippen LogP contribution in [-0.2, 0) is 9.53 Å². The van der Waals surface area contributed by atoms with E-state index in [9.17, 15) is 24.9 Å². The minimum atomic E-state index is -1.75. The Hall–Kier alpha value is -3.84. The highest BCUT2D eigenvalue weighted by atomic mass is 16.5. The van der Waals surface area contributed by atoms with Crippen molar-refractivity contribution in [2.75, 3.05) is 35.0 Å². The standard InChI is InChI=1S/C29H35NO11/c1-13(2)12-30-29(35)28-25(34)23(32)24(33)27(41-28)22-19(38-5)11-20-21(26(22)39-6)15(31)10-17(40-20)14-7-8-16(36-3)18(9-14)37-4/h7-11,13,23-25,27-28,32-34H,12H2,1-6H3,(H,30,35)/t23-,24-,25+,27+,28+/m1/s1. The van der Waals surface area contributed by atoms with Crippen molar-refractivity contribution in [2.45, 2.75) is 44.4 Å². The van der Waals surface area contributed by atoms with Crippen LogP contribution in [-0.4, -0.2) is 80.6 Å². The number of carbonyl (C=O) groups excluding carboxylic acids is 1. The number of rotatable bonds is 9. The highest BCUT2D eigenvalue weighted by molar-refractivity contribution is 5.89. The minimum absolute atomic E-state index is 0.0183. The zero-order valence-corrected chi connectivity index (χ0v) is 23.7. The van der Waals surface area contributed by atoms with Crippen LogP contribution in [0.4, 0.5) is 0 Å². The Labute approximate surface area is 236 Å². The molecule has 2 aromatic carbocycles. The van der Waals surface area contributed by atoms with Gasteiger partial charge in [0, 0.05) is 24.2 Å². The van der Waals surface area contributed by atoms with Gasteiger partial charge in [0.05, 0.1) is 34.0 Å². The third kappa shape index (κ3) is 5.68. The van der Waals surface area contributed by atoms with Gasteiger partial charge in [-0.25, -0.2) is 0 Å². The van der Waals surface area contributed by atoms with Crippen molar-refractivity contribution >= 4 is 16.9 Å². The quantitative estimate of drug-likeness (QED) is 0.295. The molecule has 4 N–H and O–H groups in total. The van der Waals surface area contributed by atoms with Gasteiger partial charge in [0.2, 0.25) is 0 Å². The first kappa shape index (κ1) is 30.1. The molecule has 0 bridgehead atoms. The molecule has 5 atom stereocenters. The van der Waals surface area contributed by atoms with Gasteiger partial charge in [-0.3, -0.25) is 9.59 Å². The zero-order valence-electron chi connectivity index (χ0n) is 23.7. The summed E-state index contributed by atoms with van der Waals surface area (Å²) < 4.78 is 33.8. The summed E-state index contributed by atoms with van der Waals surface area (Å²) in [5.74, 6) is 0.678. The number of amides is 1. The van der Waals surface area contributed by atoms with Crippen LogP contribution >= 0.6 is 0 Å². The van der Waals surface area contributed by atoms with Crippen molar-refractivity contribution < 1.29 is 48.2 Å². The molecule has 4 rings (SSSR count). The number of fused-ring (bicyclic) bond motifs is 1. The fraction of sp³-hybridized carbons (Fsp3) is 0.448. The Balaban J connectivity index is 1.85. The average Bonchev–Trinajstić information content (AvgIpc) is 2.97. The Morgan fingerprint density at radius 1 is 0.902 bits per heavy atom. The highest BCUT2D eigenvalue weighted by Crippen LogP contribution is 2.46. The Bertz CT molecular complexity index is 1470. The second-order valence-corrected chi connectivity index (χ2v) is 10.0.